The van der Waals surface area contributed by atoms with Crippen molar-refractivity contribution < 1.29 is 19.4 Å². The molecule has 0 rings (SSSR count). The molecule has 0 aromatic carbocycles. The van der Waals surface area contributed by atoms with Crippen molar-refractivity contribution in [3.63, 3.8) is 0 Å². The van der Waals surface area contributed by atoms with E-state index in [1.165, 1.54) is 0 Å². The van der Waals surface area contributed by atoms with E-state index in [4.69, 9.17) is 14.6 Å². The number of unbranched alkanes of at least 4 members (excludes halogenated alkanes) is 1. The summed E-state index contributed by atoms with van der Waals surface area (Å²) in [5.41, 5.74) is 0.398. The molecule has 1 atom stereocenters. The van der Waals surface area contributed by atoms with E-state index in [9.17, 15) is 4.79 Å². The van der Waals surface area contributed by atoms with Crippen molar-refractivity contribution in [3.05, 3.63) is 12.2 Å². The molecule has 0 aromatic heterocycles. The summed E-state index contributed by atoms with van der Waals surface area (Å²) in [6, 6.07) is 0. The summed E-state index contributed by atoms with van der Waals surface area (Å²) in [6.07, 6.45) is 3.27. The zero-order chi connectivity index (χ0) is 13.1. The second-order valence-corrected chi connectivity index (χ2v) is 4.09. The Hall–Kier alpha value is -0.870. The van der Waals surface area contributed by atoms with Crippen molar-refractivity contribution in [3.8, 4) is 0 Å². The molecule has 0 aromatic rings. The first-order chi connectivity index (χ1) is 8.11. The molecule has 4 nitrogen and oxygen atoms in total. The number of hydrogen-bond donors (Lipinski definition) is 1. The molecule has 17 heavy (non-hydrogen) atoms. The van der Waals surface area contributed by atoms with E-state index in [0.29, 0.717) is 12.2 Å². The number of carbonyl (C=O) groups is 1. The third-order valence-corrected chi connectivity index (χ3v) is 2.24. The lowest BCUT2D eigenvalue weighted by Gasteiger charge is -2.17. The maximum absolute atomic E-state index is 11.2. The zero-order valence-electron chi connectivity index (χ0n) is 10.9. The molecule has 1 N–H and O–H groups in total. The fourth-order valence-electron chi connectivity index (χ4n) is 1.27. The fraction of sp³-hybridized carbons (Fsp3) is 0.769. The largest absolute Gasteiger partial charge is 0.460 e. The number of aliphatic hydroxyl groups is 1. The Balaban J connectivity index is 3.91. The van der Waals surface area contributed by atoms with Crippen LogP contribution in [-0.2, 0) is 14.3 Å². The van der Waals surface area contributed by atoms with Gasteiger partial charge in [0.05, 0.1) is 6.10 Å². The Morgan fingerprint density at radius 1 is 1.41 bits per heavy atom. The molecule has 0 saturated heterocycles. The smallest absolute Gasteiger partial charge is 0.333 e. The number of esters is 1. The van der Waals surface area contributed by atoms with E-state index in [0.717, 1.165) is 25.7 Å². The van der Waals surface area contributed by atoms with Crippen LogP contribution in [0.25, 0.3) is 0 Å². The average molecular weight is 244 g/mol. The van der Waals surface area contributed by atoms with Gasteiger partial charge in [0.2, 0.25) is 0 Å². The molecule has 4 heteroatoms. The molecule has 1 unspecified atom stereocenters. The average Bonchev–Trinajstić information content (AvgIpc) is 2.31. The first-order valence-electron chi connectivity index (χ1n) is 6.16. The lowest BCUT2D eigenvalue weighted by Crippen LogP contribution is -2.23. The number of ether oxygens (including phenoxy) is 2. The van der Waals surface area contributed by atoms with Gasteiger partial charge in [0.1, 0.15) is 6.61 Å². The molecule has 0 radical (unpaired) electrons. The third kappa shape index (κ3) is 8.89. The van der Waals surface area contributed by atoms with Crippen molar-refractivity contribution in [1.29, 1.82) is 0 Å². The lowest BCUT2D eigenvalue weighted by atomic mass is 10.1. The Kier molecular flexibility index (Phi) is 9.77. The summed E-state index contributed by atoms with van der Waals surface area (Å²) in [5.74, 6) is -0.378. The molecule has 0 bridgehead atoms. The van der Waals surface area contributed by atoms with Gasteiger partial charge in [0.15, 0.2) is 0 Å². The standard InChI is InChI=1S/C13H24O4/c1-4-9-16-12(7-5-6-8-14)10-17-13(15)11(2)3/h12,14H,2,4-10H2,1,3H3. The van der Waals surface area contributed by atoms with Gasteiger partial charge >= 0.3 is 5.97 Å². The van der Waals surface area contributed by atoms with E-state index >= 15 is 0 Å². The van der Waals surface area contributed by atoms with Crippen LogP contribution in [0.1, 0.15) is 39.5 Å². The van der Waals surface area contributed by atoms with Crippen molar-refractivity contribution in [2.75, 3.05) is 19.8 Å². The van der Waals surface area contributed by atoms with Crippen molar-refractivity contribution >= 4 is 5.97 Å². The van der Waals surface area contributed by atoms with Gasteiger partial charge in [0, 0.05) is 18.8 Å². The van der Waals surface area contributed by atoms with E-state index in [-0.39, 0.29) is 25.3 Å². The summed E-state index contributed by atoms with van der Waals surface area (Å²) in [7, 11) is 0. The molecule has 0 amide bonds. The van der Waals surface area contributed by atoms with Crippen LogP contribution in [-0.4, -0.2) is 37.0 Å². The Morgan fingerprint density at radius 3 is 2.65 bits per heavy atom. The van der Waals surface area contributed by atoms with E-state index in [1.54, 1.807) is 6.92 Å². The minimum atomic E-state index is -0.378. The monoisotopic (exact) mass is 244 g/mol. The highest BCUT2D eigenvalue weighted by molar-refractivity contribution is 5.86. The molecular weight excluding hydrogens is 220 g/mol. The fourth-order valence-corrected chi connectivity index (χ4v) is 1.27. The van der Waals surface area contributed by atoms with Gasteiger partial charge in [0.25, 0.3) is 0 Å². The van der Waals surface area contributed by atoms with Gasteiger partial charge in [-0.25, -0.2) is 4.79 Å². The van der Waals surface area contributed by atoms with Crippen LogP contribution < -0.4 is 0 Å². The minimum absolute atomic E-state index is 0.0789. The molecule has 0 fully saturated rings. The van der Waals surface area contributed by atoms with Gasteiger partial charge < -0.3 is 14.6 Å². The molecule has 0 saturated carbocycles. The molecule has 0 spiro atoms. The van der Waals surface area contributed by atoms with Crippen LogP contribution in [0.4, 0.5) is 0 Å². The van der Waals surface area contributed by atoms with Gasteiger partial charge in [-0.05, 0) is 32.6 Å². The van der Waals surface area contributed by atoms with Gasteiger partial charge in [-0.1, -0.05) is 13.5 Å². The molecule has 0 aliphatic carbocycles. The van der Waals surface area contributed by atoms with Crippen molar-refractivity contribution in [2.24, 2.45) is 0 Å². The minimum Gasteiger partial charge on any atom is -0.460 e. The van der Waals surface area contributed by atoms with Crippen LogP contribution in [0, 0.1) is 0 Å². The Bertz CT molecular complexity index is 225. The zero-order valence-corrected chi connectivity index (χ0v) is 10.9. The highest BCUT2D eigenvalue weighted by Crippen LogP contribution is 2.07. The summed E-state index contributed by atoms with van der Waals surface area (Å²) >= 11 is 0. The van der Waals surface area contributed by atoms with Gasteiger partial charge in [-0.15, -0.1) is 0 Å². The van der Waals surface area contributed by atoms with Crippen LogP contribution in [0.5, 0.6) is 0 Å². The SMILES string of the molecule is C=C(C)C(=O)OCC(CCCCO)OCCC. The quantitative estimate of drug-likeness (QED) is 0.363. The lowest BCUT2D eigenvalue weighted by molar-refractivity contribution is -0.143. The highest BCUT2D eigenvalue weighted by atomic mass is 16.6. The summed E-state index contributed by atoms with van der Waals surface area (Å²) in [4.78, 5) is 11.2. The van der Waals surface area contributed by atoms with E-state index < -0.39 is 0 Å². The van der Waals surface area contributed by atoms with Crippen molar-refractivity contribution in [2.45, 2.75) is 45.6 Å². The van der Waals surface area contributed by atoms with Crippen molar-refractivity contribution in [1.82, 2.24) is 0 Å². The van der Waals surface area contributed by atoms with Crippen LogP contribution in [0.2, 0.25) is 0 Å². The number of aliphatic hydroxyl groups excluding tert-OH is 1. The summed E-state index contributed by atoms with van der Waals surface area (Å²) < 4.78 is 10.6. The molecule has 0 aliphatic heterocycles. The number of carbonyl (C=O) groups excluding carboxylic acids is 1. The van der Waals surface area contributed by atoms with Gasteiger partial charge in [-0.3, -0.25) is 0 Å². The highest BCUT2D eigenvalue weighted by Gasteiger charge is 2.12. The number of rotatable bonds is 10. The predicted octanol–water partition coefficient (Wildman–Crippen LogP) is 2.06. The molecule has 0 heterocycles. The molecular formula is C13H24O4. The summed E-state index contributed by atoms with van der Waals surface area (Å²) in [6.45, 7) is 8.28. The van der Waals surface area contributed by atoms with E-state index in [1.807, 2.05) is 6.92 Å². The second-order valence-electron chi connectivity index (χ2n) is 4.09. The number of hydrogen-bond acceptors (Lipinski definition) is 4. The summed E-state index contributed by atoms with van der Waals surface area (Å²) in [5, 5.41) is 8.71. The molecule has 0 aliphatic rings. The third-order valence-electron chi connectivity index (χ3n) is 2.24. The first-order valence-corrected chi connectivity index (χ1v) is 6.16. The topological polar surface area (TPSA) is 55.8 Å². The predicted molar refractivity (Wildman–Crippen MR) is 66.7 cm³/mol. The normalized spacial score (nSPS) is 12.2. The van der Waals surface area contributed by atoms with Crippen LogP contribution >= 0.6 is 0 Å². The van der Waals surface area contributed by atoms with E-state index in [2.05, 4.69) is 6.58 Å². The maximum Gasteiger partial charge on any atom is 0.333 e. The Labute approximate surface area is 104 Å². The van der Waals surface area contributed by atoms with Crippen LogP contribution in [0.15, 0.2) is 12.2 Å². The molecule has 100 valence electrons. The van der Waals surface area contributed by atoms with Crippen LogP contribution in [0.3, 0.4) is 0 Å². The maximum atomic E-state index is 11.2. The Morgan fingerprint density at radius 2 is 2.12 bits per heavy atom. The first kappa shape index (κ1) is 16.1. The second kappa shape index (κ2) is 10.3. The van der Waals surface area contributed by atoms with Gasteiger partial charge in [-0.2, -0.15) is 0 Å².